The molecule has 31 heavy (non-hydrogen) atoms. The van der Waals surface area contributed by atoms with Gasteiger partial charge in [-0.05, 0) is 49.3 Å². The van der Waals surface area contributed by atoms with Gasteiger partial charge in [-0.1, -0.05) is 36.8 Å². The monoisotopic (exact) mass is 461 g/mol. The molecule has 4 rings (SSSR count). The van der Waals surface area contributed by atoms with Crippen LogP contribution in [-0.2, 0) is 38.8 Å². The molecule has 1 amide bonds. The third kappa shape index (κ3) is 5.54. The number of esters is 1. The fourth-order valence-electron chi connectivity index (χ4n) is 4.27. The summed E-state index contributed by atoms with van der Waals surface area (Å²) in [6.45, 7) is -0.0878. The van der Waals surface area contributed by atoms with Crippen LogP contribution in [0.5, 0.6) is 0 Å². The van der Waals surface area contributed by atoms with E-state index in [2.05, 4.69) is 0 Å². The minimum Gasteiger partial charge on any atom is -0.451 e. The fourth-order valence-corrected chi connectivity index (χ4v) is 7.15. The van der Waals surface area contributed by atoms with Crippen molar-refractivity contribution in [2.45, 2.75) is 51.1 Å². The Bertz CT molecular complexity index is 1020. The molecule has 1 atom stereocenters. The normalized spacial score (nSPS) is 19.9. The summed E-state index contributed by atoms with van der Waals surface area (Å²) < 4.78 is 29.3. The van der Waals surface area contributed by atoms with E-state index in [-0.39, 0.29) is 24.0 Å². The second-order valence-electron chi connectivity index (χ2n) is 8.26. The molecule has 0 saturated carbocycles. The van der Waals surface area contributed by atoms with Crippen LogP contribution in [0.3, 0.4) is 0 Å². The lowest BCUT2D eigenvalue weighted by Crippen LogP contribution is -2.42. The largest absolute Gasteiger partial charge is 0.451 e. The van der Waals surface area contributed by atoms with Gasteiger partial charge in [0.25, 0.3) is 5.91 Å². The van der Waals surface area contributed by atoms with Crippen LogP contribution < -0.4 is 0 Å². The Kier molecular flexibility index (Phi) is 6.77. The molecule has 1 aliphatic carbocycles. The number of thiophene rings is 1. The Morgan fingerprint density at radius 1 is 1.10 bits per heavy atom. The van der Waals surface area contributed by atoms with Crippen molar-refractivity contribution in [1.29, 1.82) is 0 Å². The standard InChI is InChI=1S/C23H27NO5S2/c25-22(15-29-23(26)21-13-18-9-5-2-6-10-20(18)30-21)24(14-17-7-3-1-4-8-17)19-11-12-31(27,28)16-19/h1,3-4,7-8,13,19H,2,5-6,9-12,14-16H2/t19-/m0/s1. The van der Waals surface area contributed by atoms with Gasteiger partial charge < -0.3 is 9.64 Å². The number of amides is 1. The number of hydrogen-bond acceptors (Lipinski definition) is 6. The summed E-state index contributed by atoms with van der Waals surface area (Å²) in [5.41, 5.74) is 2.14. The Hall–Kier alpha value is -2.19. The average molecular weight is 462 g/mol. The molecule has 166 valence electrons. The van der Waals surface area contributed by atoms with Crippen LogP contribution in [0, 0.1) is 0 Å². The summed E-state index contributed by atoms with van der Waals surface area (Å²) in [6.07, 6.45) is 5.87. The van der Waals surface area contributed by atoms with Crippen molar-refractivity contribution < 1.29 is 22.7 Å². The number of carbonyl (C=O) groups excluding carboxylic acids is 2. The molecule has 2 heterocycles. The number of sulfone groups is 1. The van der Waals surface area contributed by atoms with E-state index in [1.54, 1.807) is 4.90 Å². The minimum absolute atomic E-state index is 0.0445. The molecule has 1 aliphatic heterocycles. The van der Waals surface area contributed by atoms with E-state index in [9.17, 15) is 18.0 Å². The number of fused-ring (bicyclic) bond motifs is 1. The maximum Gasteiger partial charge on any atom is 0.348 e. The summed E-state index contributed by atoms with van der Waals surface area (Å²) in [4.78, 5) is 28.9. The van der Waals surface area contributed by atoms with Crippen molar-refractivity contribution in [2.75, 3.05) is 18.1 Å². The highest BCUT2D eigenvalue weighted by Gasteiger charge is 2.35. The van der Waals surface area contributed by atoms with Crippen LogP contribution in [0.2, 0.25) is 0 Å². The number of aryl methyl sites for hydroxylation is 2. The number of rotatable bonds is 6. The van der Waals surface area contributed by atoms with Crippen LogP contribution in [0.25, 0.3) is 0 Å². The first kappa shape index (κ1) is 22.0. The van der Waals surface area contributed by atoms with Gasteiger partial charge in [0.2, 0.25) is 0 Å². The third-order valence-electron chi connectivity index (χ3n) is 5.94. The first-order valence-corrected chi connectivity index (χ1v) is 13.4. The first-order valence-electron chi connectivity index (χ1n) is 10.7. The van der Waals surface area contributed by atoms with E-state index in [1.165, 1.54) is 28.2 Å². The van der Waals surface area contributed by atoms with Gasteiger partial charge in [0.15, 0.2) is 16.4 Å². The molecule has 0 radical (unpaired) electrons. The van der Waals surface area contributed by atoms with Crippen molar-refractivity contribution in [3.8, 4) is 0 Å². The zero-order valence-electron chi connectivity index (χ0n) is 17.4. The van der Waals surface area contributed by atoms with Crippen LogP contribution >= 0.6 is 11.3 Å². The van der Waals surface area contributed by atoms with Crippen LogP contribution in [-0.4, -0.2) is 49.3 Å². The average Bonchev–Trinajstić information content (AvgIpc) is 3.26. The third-order valence-corrected chi connectivity index (χ3v) is 8.91. The molecule has 0 N–H and O–H groups in total. The molecule has 2 aliphatic rings. The highest BCUT2D eigenvalue weighted by atomic mass is 32.2. The second-order valence-corrected chi connectivity index (χ2v) is 11.6. The van der Waals surface area contributed by atoms with Gasteiger partial charge >= 0.3 is 5.97 Å². The molecule has 0 bridgehead atoms. The van der Waals surface area contributed by atoms with Gasteiger partial charge in [-0.3, -0.25) is 4.79 Å². The maximum atomic E-state index is 13.0. The molecule has 0 spiro atoms. The molecule has 1 saturated heterocycles. The molecule has 1 fully saturated rings. The molecule has 6 nitrogen and oxygen atoms in total. The summed E-state index contributed by atoms with van der Waals surface area (Å²) in [5, 5.41) is 0. The van der Waals surface area contributed by atoms with Gasteiger partial charge in [-0.15, -0.1) is 11.3 Å². The number of ether oxygens (including phenoxy) is 1. The van der Waals surface area contributed by atoms with Gasteiger partial charge in [0.05, 0.1) is 11.5 Å². The Morgan fingerprint density at radius 3 is 2.61 bits per heavy atom. The predicted octanol–water partition coefficient (Wildman–Crippen LogP) is 3.39. The Labute approximate surface area is 187 Å². The fraction of sp³-hybridized carbons (Fsp3) is 0.478. The highest BCUT2D eigenvalue weighted by molar-refractivity contribution is 7.91. The van der Waals surface area contributed by atoms with Crippen LogP contribution in [0.1, 0.15) is 51.4 Å². The number of benzene rings is 1. The highest BCUT2D eigenvalue weighted by Crippen LogP contribution is 2.29. The van der Waals surface area contributed by atoms with E-state index in [1.807, 2.05) is 36.4 Å². The summed E-state index contributed by atoms with van der Waals surface area (Å²) in [7, 11) is -3.15. The van der Waals surface area contributed by atoms with Crippen molar-refractivity contribution in [3.05, 3.63) is 57.3 Å². The maximum absolute atomic E-state index is 13.0. The molecular formula is C23H27NO5S2. The lowest BCUT2D eigenvalue weighted by atomic mass is 10.1. The van der Waals surface area contributed by atoms with Crippen LogP contribution in [0.4, 0.5) is 0 Å². The number of carbonyl (C=O) groups is 2. The molecule has 8 heteroatoms. The van der Waals surface area contributed by atoms with E-state index in [4.69, 9.17) is 4.74 Å². The van der Waals surface area contributed by atoms with Crippen LogP contribution in [0.15, 0.2) is 36.4 Å². The van der Waals surface area contributed by atoms with Gasteiger partial charge in [-0.25, -0.2) is 13.2 Å². The second kappa shape index (κ2) is 9.53. The summed E-state index contributed by atoms with van der Waals surface area (Å²) in [6, 6.07) is 11.0. The minimum atomic E-state index is -3.15. The van der Waals surface area contributed by atoms with Crippen molar-refractivity contribution in [3.63, 3.8) is 0 Å². The molecule has 1 aromatic carbocycles. The quantitative estimate of drug-likeness (QED) is 0.487. The summed E-state index contributed by atoms with van der Waals surface area (Å²) in [5.74, 6) is -0.809. The zero-order valence-corrected chi connectivity index (χ0v) is 19.1. The molecule has 2 aromatic rings. The van der Waals surface area contributed by atoms with Gasteiger partial charge in [0.1, 0.15) is 4.88 Å². The Balaban J connectivity index is 1.42. The molecular weight excluding hydrogens is 434 g/mol. The van der Waals surface area contributed by atoms with E-state index < -0.39 is 21.8 Å². The predicted molar refractivity (Wildman–Crippen MR) is 120 cm³/mol. The smallest absolute Gasteiger partial charge is 0.348 e. The van der Waals surface area contributed by atoms with Crippen molar-refractivity contribution >= 4 is 33.1 Å². The van der Waals surface area contributed by atoms with Gasteiger partial charge in [-0.2, -0.15) is 0 Å². The number of nitrogens with zero attached hydrogens (tertiary/aromatic N) is 1. The lowest BCUT2D eigenvalue weighted by molar-refractivity contribution is -0.137. The van der Waals surface area contributed by atoms with E-state index in [0.717, 1.165) is 31.2 Å². The zero-order chi connectivity index (χ0) is 21.8. The topological polar surface area (TPSA) is 80.8 Å². The van der Waals surface area contributed by atoms with E-state index >= 15 is 0 Å². The van der Waals surface area contributed by atoms with E-state index in [0.29, 0.717) is 17.8 Å². The number of hydrogen-bond donors (Lipinski definition) is 0. The SMILES string of the molecule is O=C(OCC(=O)N(Cc1ccccc1)[C@H]1CCS(=O)(=O)C1)c1cc2c(s1)CCCCC2. The van der Waals surface area contributed by atoms with Crippen molar-refractivity contribution in [1.82, 2.24) is 4.90 Å². The molecule has 0 unspecified atom stereocenters. The summed E-state index contributed by atoms with van der Waals surface area (Å²) >= 11 is 1.47. The van der Waals surface area contributed by atoms with Crippen molar-refractivity contribution in [2.24, 2.45) is 0 Å². The first-order chi connectivity index (χ1) is 14.9. The molecule has 1 aromatic heterocycles. The lowest BCUT2D eigenvalue weighted by Gasteiger charge is -2.28. The Morgan fingerprint density at radius 2 is 1.87 bits per heavy atom. The van der Waals surface area contributed by atoms with Gasteiger partial charge in [0, 0.05) is 17.5 Å².